The molecule has 2 fully saturated rings. The summed E-state index contributed by atoms with van der Waals surface area (Å²) in [6.07, 6.45) is 3.70. The lowest BCUT2D eigenvalue weighted by atomic mass is 10.3. The first kappa shape index (κ1) is 12.5. The van der Waals surface area contributed by atoms with Gasteiger partial charge in [0.15, 0.2) is 0 Å². The number of nitrogens with one attached hydrogen (secondary N) is 2. The zero-order valence-corrected chi connectivity index (χ0v) is 11.5. The van der Waals surface area contributed by atoms with Gasteiger partial charge in [0.2, 0.25) is 0 Å². The fourth-order valence-corrected chi connectivity index (χ4v) is 2.74. The molecule has 0 aromatic carbocycles. The molecule has 6 nitrogen and oxygen atoms in total. The van der Waals surface area contributed by atoms with E-state index in [1.54, 1.807) is 4.68 Å². The lowest BCUT2D eigenvalue weighted by Crippen LogP contribution is -2.40. The Morgan fingerprint density at radius 2 is 2.21 bits per heavy atom. The third kappa shape index (κ3) is 2.89. The Labute approximate surface area is 113 Å². The molecule has 2 heterocycles. The van der Waals surface area contributed by atoms with E-state index in [-0.39, 0.29) is 12.1 Å². The van der Waals surface area contributed by atoms with Crippen LogP contribution in [0.4, 0.5) is 10.6 Å². The van der Waals surface area contributed by atoms with Crippen LogP contribution in [-0.4, -0.2) is 45.9 Å². The van der Waals surface area contributed by atoms with Gasteiger partial charge in [-0.15, -0.1) is 0 Å². The molecule has 1 aromatic heterocycles. The lowest BCUT2D eigenvalue weighted by molar-refractivity contribution is 0.247. The summed E-state index contributed by atoms with van der Waals surface area (Å²) in [6.45, 7) is 4.01. The van der Waals surface area contributed by atoms with Crippen LogP contribution >= 0.6 is 0 Å². The number of urea groups is 1. The van der Waals surface area contributed by atoms with Gasteiger partial charge in [0, 0.05) is 38.3 Å². The van der Waals surface area contributed by atoms with Crippen molar-refractivity contribution in [2.75, 3.05) is 18.4 Å². The molecule has 19 heavy (non-hydrogen) atoms. The van der Waals surface area contributed by atoms with Gasteiger partial charge in [-0.2, -0.15) is 5.10 Å². The predicted octanol–water partition coefficient (Wildman–Crippen LogP) is 1.09. The number of anilines is 1. The predicted molar refractivity (Wildman–Crippen MR) is 73.1 cm³/mol. The Morgan fingerprint density at radius 1 is 1.42 bits per heavy atom. The highest BCUT2D eigenvalue weighted by Crippen LogP contribution is 2.29. The van der Waals surface area contributed by atoms with Crippen molar-refractivity contribution >= 4 is 11.8 Å². The first-order chi connectivity index (χ1) is 9.11. The number of carbonyl (C=O) groups is 1. The van der Waals surface area contributed by atoms with Crippen molar-refractivity contribution in [1.29, 1.82) is 0 Å². The van der Waals surface area contributed by atoms with Crippen molar-refractivity contribution < 1.29 is 4.79 Å². The highest BCUT2D eigenvalue weighted by Gasteiger charge is 2.34. The maximum atomic E-state index is 11.9. The van der Waals surface area contributed by atoms with E-state index in [2.05, 4.69) is 20.6 Å². The molecule has 6 heteroatoms. The van der Waals surface area contributed by atoms with E-state index in [9.17, 15) is 4.79 Å². The van der Waals surface area contributed by atoms with Crippen LogP contribution < -0.4 is 10.6 Å². The summed E-state index contributed by atoms with van der Waals surface area (Å²) in [5.41, 5.74) is 0.901. The highest BCUT2D eigenvalue weighted by atomic mass is 16.2. The van der Waals surface area contributed by atoms with Crippen LogP contribution in [0.25, 0.3) is 0 Å². The lowest BCUT2D eigenvalue weighted by Gasteiger charge is -2.16. The van der Waals surface area contributed by atoms with E-state index >= 15 is 0 Å². The fourth-order valence-electron chi connectivity index (χ4n) is 2.74. The minimum absolute atomic E-state index is 0.134. The standard InChI is InChI=1S/C13H21N5O/c1-9-7-12(17(2)16-9)15-13(19)14-10-5-6-18(8-10)11-3-4-11/h7,10-11H,3-6,8H2,1-2H3,(H2,14,15,19). The molecule has 1 aromatic rings. The van der Waals surface area contributed by atoms with Crippen LogP contribution in [0, 0.1) is 6.92 Å². The summed E-state index contributed by atoms with van der Waals surface area (Å²) in [5.74, 6) is 0.729. The van der Waals surface area contributed by atoms with Crippen LogP contribution in [-0.2, 0) is 7.05 Å². The van der Waals surface area contributed by atoms with Crippen molar-refractivity contribution in [2.24, 2.45) is 7.05 Å². The van der Waals surface area contributed by atoms with Crippen LogP contribution in [0.15, 0.2) is 6.07 Å². The number of amides is 2. The van der Waals surface area contributed by atoms with Crippen LogP contribution in [0.1, 0.15) is 25.0 Å². The molecule has 1 aliphatic carbocycles. The number of aryl methyl sites for hydroxylation is 2. The first-order valence-corrected chi connectivity index (χ1v) is 6.94. The van der Waals surface area contributed by atoms with E-state index < -0.39 is 0 Å². The van der Waals surface area contributed by atoms with Gasteiger partial charge < -0.3 is 5.32 Å². The third-order valence-electron chi connectivity index (χ3n) is 3.86. The smallest absolute Gasteiger partial charge is 0.320 e. The van der Waals surface area contributed by atoms with Crippen LogP contribution in [0.2, 0.25) is 0 Å². The number of rotatable bonds is 3. The Morgan fingerprint density at radius 3 is 2.84 bits per heavy atom. The number of likely N-dealkylation sites (tertiary alicyclic amines) is 1. The third-order valence-corrected chi connectivity index (χ3v) is 3.86. The normalized spacial score (nSPS) is 23.6. The maximum Gasteiger partial charge on any atom is 0.320 e. The molecule has 1 unspecified atom stereocenters. The summed E-state index contributed by atoms with van der Waals surface area (Å²) >= 11 is 0. The Kier molecular flexibility index (Phi) is 3.18. The Bertz CT molecular complexity index is 479. The van der Waals surface area contributed by atoms with Crippen molar-refractivity contribution in [3.05, 3.63) is 11.8 Å². The minimum Gasteiger partial charge on any atom is -0.334 e. The highest BCUT2D eigenvalue weighted by molar-refractivity contribution is 5.88. The largest absolute Gasteiger partial charge is 0.334 e. The van der Waals surface area contributed by atoms with Gasteiger partial charge in [0.25, 0.3) is 0 Å². The summed E-state index contributed by atoms with van der Waals surface area (Å²) in [6, 6.07) is 2.79. The molecule has 2 aliphatic rings. The fraction of sp³-hybridized carbons (Fsp3) is 0.692. The Balaban J connectivity index is 1.50. The van der Waals surface area contributed by atoms with E-state index in [4.69, 9.17) is 0 Å². The molecule has 0 bridgehead atoms. The molecular formula is C13H21N5O. The molecule has 3 rings (SSSR count). The van der Waals surface area contributed by atoms with Gasteiger partial charge in [-0.05, 0) is 26.2 Å². The molecule has 1 saturated heterocycles. The zero-order valence-electron chi connectivity index (χ0n) is 11.5. The number of hydrogen-bond acceptors (Lipinski definition) is 3. The van der Waals surface area contributed by atoms with Gasteiger partial charge in [0.05, 0.1) is 5.69 Å². The topological polar surface area (TPSA) is 62.2 Å². The molecule has 104 valence electrons. The van der Waals surface area contributed by atoms with Crippen molar-refractivity contribution in [3.63, 3.8) is 0 Å². The van der Waals surface area contributed by atoms with Crippen molar-refractivity contribution in [3.8, 4) is 0 Å². The quantitative estimate of drug-likeness (QED) is 0.858. The second-order valence-electron chi connectivity index (χ2n) is 5.60. The number of carbonyl (C=O) groups excluding carboxylic acids is 1. The SMILES string of the molecule is Cc1cc(NC(=O)NC2CCN(C3CC3)C2)n(C)n1. The second kappa shape index (κ2) is 4.85. The van der Waals surface area contributed by atoms with Gasteiger partial charge in [-0.3, -0.25) is 14.9 Å². The molecule has 2 N–H and O–H groups in total. The van der Waals surface area contributed by atoms with Crippen LogP contribution in [0.5, 0.6) is 0 Å². The average molecular weight is 263 g/mol. The molecule has 1 atom stereocenters. The Hall–Kier alpha value is -1.56. The van der Waals surface area contributed by atoms with Crippen molar-refractivity contribution in [1.82, 2.24) is 20.0 Å². The summed E-state index contributed by atoms with van der Waals surface area (Å²) < 4.78 is 1.68. The van der Waals surface area contributed by atoms with Gasteiger partial charge in [-0.1, -0.05) is 0 Å². The molecule has 1 saturated carbocycles. The molecule has 2 amide bonds. The summed E-state index contributed by atoms with van der Waals surface area (Å²) in [4.78, 5) is 14.4. The van der Waals surface area contributed by atoms with E-state index in [0.717, 1.165) is 37.1 Å². The van der Waals surface area contributed by atoms with E-state index in [1.807, 2.05) is 20.0 Å². The van der Waals surface area contributed by atoms with Crippen molar-refractivity contribution in [2.45, 2.75) is 38.3 Å². The van der Waals surface area contributed by atoms with Crippen LogP contribution in [0.3, 0.4) is 0 Å². The number of hydrogen-bond donors (Lipinski definition) is 2. The van der Waals surface area contributed by atoms with Gasteiger partial charge in [-0.25, -0.2) is 4.79 Å². The summed E-state index contributed by atoms with van der Waals surface area (Å²) in [5, 5.41) is 10.1. The maximum absolute atomic E-state index is 11.9. The second-order valence-corrected chi connectivity index (χ2v) is 5.60. The number of nitrogens with zero attached hydrogens (tertiary/aromatic N) is 3. The first-order valence-electron chi connectivity index (χ1n) is 6.94. The minimum atomic E-state index is -0.134. The van der Waals surface area contributed by atoms with Gasteiger partial charge in [0.1, 0.15) is 5.82 Å². The molecule has 1 aliphatic heterocycles. The monoisotopic (exact) mass is 263 g/mol. The molecule has 0 radical (unpaired) electrons. The summed E-state index contributed by atoms with van der Waals surface area (Å²) in [7, 11) is 1.83. The molecular weight excluding hydrogens is 242 g/mol. The van der Waals surface area contributed by atoms with Gasteiger partial charge >= 0.3 is 6.03 Å². The van der Waals surface area contributed by atoms with E-state index in [1.165, 1.54) is 12.8 Å². The zero-order chi connectivity index (χ0) is 13.4. The molecule has 0 spiro atoms. The van der Waals surface area contributed by atoms with E-state index in [0.29, 0.717) is 0 Å². The average Bonchev–Trinajstić information content (AvgIpc) is 3.01. The number of aromatic nitrogens is 2.